The molecule has 4 heterocycles. The highest BCUT2D eigenvalue weighted by atomic mass is 32.1. The summed E-state index contributed by atoms with van der Waals surface area (Å²) in [5, 5.41) is 15.8. The number of piperidine rings is 3. The Hall–Kier alpha value is -1.17. The molecule has 2 bridgehead atoms. The Morgan fingerprint density at radius 1 is 1.57 bits per heavy atom. The van der Waals surface area contributed by atoms with Crippen molar-refractivity contribution < 1.29 is 9.90 Å². The summed E-state index contributed by atoms with van der Waals surface area (Å²) in [4.78, 5) is 15.7. The summed E-state index contributed by atoms with van der Waals surface area (Å²) in [6.07, 6.45) is 5.37. The molecule has 2 atom stereocenters. The van der Waals surface area contributed by atoms with E-state index in [9.17, 15) is 9.90 Å². The molecule has 0 saturated carbocycles. The summed E-state index contributed by atoms with van der Waals surface area (Å²) in [5.74, 6) is 0.414. The maximum Gasteiger partial charge on any atom is 0.259 e. The van der Waals surface area contributed by atoms with Crippen LogP contribution >= 0.6 is 11.3 Å². The molecule has 0 aromatic carbocycles. The second-order valence-corrected chi connectivity index (χ2v) is 6.98. The average Bonchev–Trinajstić information content (AvgIpc) is 3.03. The Morgan fingerprint density at radius 2 is 2.33 bits per heavy atom. The Kier molecular flexibility index (Phi) is 4.15. The van der Waals surface area contributed by atoms with Crippen LogP contribution in [0.15, 0.2) is 30.2 Å². The molecule has 1 aromatic heterocycles. The van der Waals surface area contributed by atoms with Crippen LogP contribution in [0, 0.1) is 5.92 Å². The van der Waals surface area contributed by atoms with Gasteiger partial charge in [-0.05, 0) is 36.6 Å². The second-order valence-electron chi connectivity index (χ2n) is 6.03. The maximum atomic E-state index is 12.7. The van der Waals surface area contributed by atoms with Gasteiger partial charge in [0.05, 0.1) is 6.17 Å². The monoisotopic (exact) mass is 306 g/mol. The number of nitrogens with one attached hydrogen (secondary N) is 1. The van der Waals surface area contributed by atoms with Gasteiger partial charge in [0.2, 0.25) is 0 Å². The largest absolute Gasteiger partial charge is 0.374 e. The van der Waals surface area contributed by atoms with E-state index < -0.39 is 5.60 Å². The van der Waals surface area contributed by atoms with Crippen LogP contribution in [-0.4, -0.2) is 35.2 Å². The molecule has 3 saturated heterocycles. The van der Waals surface area contributed by atoms with Gasteiger partial charge in [-0.1, -0.05) is 12.1 Å². The Bertz CT molecular complexity index is 508. The lowest BCUT2D eigenvalue weighted by Gasteiger charge is -2.46. The highest BCUT2D eigenvalue weighted by molar-refractivity contribution is 7.10. The third kappa shape index (κ3) is 2.78. The number of fused-ring (bicyclic) bond motifs is 3. The molecule has 114 valence electrons. The van der Waals surface area contributed by atoms with Crippen LogP contribution in [0.2, 0.25) is 0 Å². The highest BCUT2D eigenvalue weighted by Crippen LogP contribution is 2.33. The van der Waals surface area contributed by atoms with Crippen molar-refractivity contribution in [3.63, 3.8) is 0 Å². The number of thiophene rings is 1. The summed E-state index contributed by atoms with van der Waals surface area (Å²) in [6, 6.07) is 3.66. The molecule has 0 spiro atoms. The fraction of sp³-hybridized carbons (Fsp3) is 0.562. The first-order valence-electron chi connectivity index (χ1n) is 7.56. The van der Waals surface area contributed by atoms with Crippen molar-refractivity contribution in [2.45, 2.75) is 37.5 Å². The summed E-state index contributed by atoms with van der Waals surface area (Å²) in [7, 11) is 0. The van der Waals surface area contributed by atoms with Crippen molar-refractivity contribution in [3.8, 4) is 0 Å². The van der Waals surface area contributed by atoms with Gasteiger partial charge in [-0.3, -0.25) is 9.69 Å². The van der Waals surface area contributed by atoms with Gasteiger partial charge in [-0.25, -0.2) is 0 Å². The molecule has 2 unspecified atom stereocenters. The number of aliphatic hydroxyl groups is 1. The molecule has 4 rings (SSSR count). The summed E-state index contributed by atoms with van der Waals surface area (Å²) in [6.45, 7) is 5.78. The SMILES string of the molecule is C=CCC(O)(C(=O)NC1CC2CCN1CC2)c1cccs1. The number of carbonyl (C=O) groups excluding carboxylic acids is 1. The minimum atomic E-state index is -1.49. The predicted octanol–water partition coefficient (Wildman–Crippen LogP) is 2.07. The molecule has 1 amide bonds. The van der Waals surface area contributed by atoms with Gasteiger partial charge in [0.1, 0.15) is 0 Å². The Labute approximate surface area is 129 Å². The first kappa shape index (κ1) is 14.8. The van der Waals surface area contributed by atoms with Crippen LogP contribution in [-0.2, 0) is 10.4 Å². The zero-order valence-corrected chi connectivity index (χ0v) is 12.9. The van der Waals surface area contributed by atoms with Crippen molar-refractivity contribution in [2.24, 2.45) is 5.92 Å². The van der Waals surface area contributed by atoms with E-state index in [1.807, 2.05) is 11.4 Å². The van der Waals surface area contributed by atoms with E-state index in [1.54, 1.807) is 12.1 Å². The van der Waals surface area contributed by atoms with E-state index in [0.29, 0.717) is 4.88 Å². The molecule has 21 heavy (non-hydrogen) atoms. The minimum absolute atomic E-state index is 0.0707. The smallest absolute Gasteiger partial charge is 0.259 e. The van der Waals surface area contributed by atoms with E-state index in [0.717, 1.165) is 25.4 Å². The van der Waals surface area contributed by atoms with Gasteiger partial charge in [-0.15, -0.1) is 17.9 Å². The van der Waals surface area contributed by atoms with Crippen LogP contribution in [0.5, 0.6) is 0 Å². The number of amides is 1. The number of nitrogens with zero attached hydrogens (tertiary/aromatic N) is 1. The number of hydrogen-bond acceptors (Lipinski definition) is 4. The summed E-state index contributed by atoms with van der Waals surface area (Å²) >= 11 is 1.40. The first-order valence-corrected chi connectivity index (χ1v) is 8.43. The van der Waals surface area contributed by atoms with E-state index in [2.05, 4.69) is 16.8 Å². The molecule has 0 aliphatic carbocycles. The van der Waals surface area contributed by atoms with Gasteiger partial charge < -0.3 is 10.4 Å². The molecular weight excluding hydrogens is 284 g/mol. The lowest BCUT2D eigenvalue weighted by molar-refractivity contribution is -0.144. The van der Waals surface area contributed by atoms with E-state index in [1.165, 1.54) is 24.2 Å². The van der Waals surface area contributed by atoms with Crippen molar-refractivity contribution in [3.05, 3.63) is 35.0 Å². The summed E-state index contributed by atoms with van der Waals surface area (Å²) < 4.78 is 0. The van der Waals surface area contributed by atoms with Gasteiger partial charge in [0, 0.05) is 24.4 Å². The standard InChI is InChI=1S/C16H22N2O2S/c1-2-7-16(20,13-4-3-10-21-13)15(19)17-14-11-12-5-8-18(14)9-6-12/h2-4,10,12,14,20H,1,5-9,11H2,(H,17,19). The highest BCUT2D eigenvalue weighted by Gasteiger charge is 2.41. The molecule has 0 radical (unpaired) electrons. The lowest BCUT2D eigenvalue weighted by atomic mass is 9.86. The van der Waals surface area contributed by atoms with Gasteiger partial charge >= 0.3 is 0 Å². The van der Waals surface area contributed by atoms with E-state index in [-0.39, 0.29) is 18.5 Å². The summed E-state index contributed by atoms with van der Waals surface area (Å²) in [5.41, 5.74) is -1.49. The second kappa shape index (κ2) is 5.91. The van der Waals surface area contributed by atoms with Gasteiger partial charge in [-0.2, -0.15) is 0 Å². The van der Waals surface area contributed by atoms with E-state index >= 15 is 0 Å². The zero-order valence-electron chi connectivity index (χ0n) is 12.1. The van der Waals surface area contributed by atoms with Crippen LogP contribution in [0.4, 0.5) is 0 Å². The predicted molar refractivity (Wildman–Crippen MR) is 83.9 cm³/mol. The van der Waals surface area contributed by atoms with Gasteiger partial charge in [0.25, 0.3) is 5.91 Å². The van der Waals surface area contributed by atoms with Crippen LogP contribution < -0.4 is 5.32 Å². The average molecular weight is 306 g/mol. The fourth-order valence-electron chi connectivity index (χ4n) is 3.41. The van der Waals surface area contributed by atoms with Crippen LogP contribution in [0.3, 0.4) is 0 Å². The molecule has 4 nitrogen and oxygen atoms in total. The first-order chi connectivity index (χ1) is 10.1. The van der Waals surface area contributed by atoms with Gasteiger partial charge in [0.15, 0.2) is 5.60 Å². The minimum Gasteiger partial charge on any atom is -0.374 e. The van der Waals surface area contributed by atoms with Crippen molar-refractivity contribution in [1.29, 1.82) is 0 Å². The molecular formula is C16H22N2O2S. The Morgan fingerprint density at radius 3 is 2.86 bits per heavy atom. The normalized spacial score (nSPS) is 30.6. The zero-order chi connectivity index (χ0) is 14.9. The molecule has 3 aliphatic heterocycles. The fourth-order valence-corrected chi connectivity index (χ4v) is 4.25. The van der Waals surface area contributed by atoms with Crippen molar-refractivity contribution >= 4 is 17.2 Å². The molecule has 3 aliphatic rings. The number of carbonyl (C=O) groups is 1. The number of hydrogen-bond donors (Lipinski definition) is 2. The third-order valence-corrected chi connectivity index (χ3v) is 5.71. The maximum absolute atomic E-state index is 12.7. The molecule has 5 heteroatoms. The molecule has 3 fully saturated rings. The Balaban J connectivity index is 1.74. The molecule has 1 aromatic rings. The van der Waals surface area contributed by atoms with Crippen LogP contribution in [0.25, 0.3) is 0 Å². The van der Waals surface area contributed by atoms with Crippen molar-refractivity contribution in [2.75, 3.05) is 13.1 Å². The lowest BCUT2D eigenvalue weighted by Crippen LogP contribution is -2.59. The molecule has 2 N–H and O–H groups in total. The quantitative estimate of drug-likeness (QED) is 0.819. The number of rotatable bonds is 5. The third-order valence-electron chi connectivity index (χ3n) is 4.69. The van der Waals surface area contributed by atoms with E-state index in [4.69, 9.17) is 0 Å². The van der Waals surface area contributed by atoms with Crippen LogP contribution in [0.1, 0.15) is 30.6 Å². The van der Waals surface area contributed by atoms with Crippen molar-refractivity contribution in [1.82, 2.24) is 10.2 Å². The topological polar surface area (TPSA) is 52.6 Å².